The minimum Gasteiger partial charge on any atom is -0.346 e. The van der Waals surface area contributed by atoms with Crippen molar-refractivity contribution in [1.29, 1.82) is 0 Å². The summed E-state index contributed by atoms with van der Waals surface area (Å²) in [6, 6.07) is 9.65. The zero-order valence-electron chi connectivity index (χ0n) is 14.2. The Labute approximate surface area is 160 Å². The first-order valence-electron chi connectivity index (χ1n) is 8.29. The molecule has 0 bridgehead atoms. The van der Waals surface area contributed by atoms with Crippen molar-refractivity contribution in [3.05, 3.63) is 71.3 Å². The molecule has 146 valence electrons. The standard InChI is InChI=1S/C19H18F4N2O.ClH/c20-15-7-6-12(10-16(15)21)14-8-9-24-11-17(14)25-18(26)19(22,23)13-4-2-1-3-5-13;/h1-7,10,14,17,24H,8-9,11H2,(H,25,26);1H. The van der Waals surface area contributed by atoms with Crippen LogP contribution < -0.4 is 10.6 Å². The van der Waals surface area contributed by atoms with E-state index in [1.807, 2.05) is 0 Å². The van der Waals surface area contributed by atoms with Gasteiger partial charge in [0.1, 0.15) is 0 Å². The molecule has 27 heavy (non-hydrogen) atoms. The van der Waals surface area contributed by atoms with Gasteiger partial charge in [-0.15, -0.1) is 12.4 Å². The van der Waals surface area contributed by atoms with Crippen LogP contribution in [0.5, 0.6) is 0 Å². The Balaban J connectivity index is 0.00000261. The Hall–Kier alpha value is -2.12. The molecule has 0 spiro atoms. The fourth-order valence-electron chi connectivity index (χ4n) is 3.19. The second-order valence-corrected chi connectivity index (χ2v) is 6.29. The summed E-state index contributed by atoms with van der Waals surface area (Å²) < 4.78 is 55.5. The SMILES string of the molecule is Cl.O=C(NC1CNCCC1c1ccc(F)c(F)c1)C(F)(F)c1ccccc1. The van der Waals surface area contributed by atoms with Gasteiger partial charge in [-0.25, -0.2) is 8.78 Å². The fourth-order valence-corrected chi connectivity index (χ4v) is 3.19. The molecule has 2 N–H and O–H groups in total. The molecule has 2 atom stereocenters. The highest BCUT2D eigenvalue weighted by Crippen LogP contribution is 2.31. The Kier molecular flexibility index (Phi) is 6.84. The van der Waals surface area contributed by atoms with Gasteiger partial charge in [0.2, 0.25) is 0 Å². The van der Waals surface area contributed by atoms with E-state index in [2.05, 4.69) is 10.6 Å². The molecule has 3 nitrogen and oxygen atoms in total. The largest absolute Gasteiger partial charge is 0.349 e. The third-order valence-corrected chi connectivity index (χ3v) is 4.59. The molecule has 1 fully saturated rings. The van der Waals surface area contributed by atoms with Crippen LogP contribution in [0.2, 0.25) is 0 Å². The Bertz CT molecular complexity index is 789. The zero-order chi connectivity index (χ0) is 18.7. The fraction of sp³-hybridized carbons (Fsp3) is 0.316. The summed E-state index contributed by atoms with van der Waals surface area (Å²) in [5.41, 5.74) is 0.0735. The maximum Gasteiger partial charge on any atom is 0.349 e. The quantitative estimate of drug-likeness (QED) is 0.765. The number of carbonyl (C=O) groups is 1. The number of hydrogen-bond acceptors (Lipinski definition) is 2. The van der Waals surface area contributed by atoms with Crippen molar-refractivity contribution in [2.24, 2.45) is 0 Å². The molecule has 2 unspecified atom stereocenters. The summed E-state index contributed by atoms with van der Waals surface area (Å²) in [6.45, 7) is 0.853. The lowest BCUT2D eigenvalue weighted by Gasteiger charge is -2.34. The van der Waals surface area contributed by atoms with E-state index < -0.39 is 35.1 Å². The van der Waals surface area contributed by atoms with Crippen molar-refractivity contribution in [1.82, 2.24) is 10.6 Å². The maximum absolute atomic E-state index is 14.4. The molecule has 3 rings (SSSR count). The molecule has 2 aromatic rings. The molecule has 1 saturated heterocycles. The van der Waals surface area contributed by atoms with Gasteiger partial charge in [0.05, 0.1) is 0 Å². The number of piperidine rings is 1. The van der Waals surface area contributed by atoms with Crippen LogP contribution in [-0.2, 0) is 10.7 Å². The van der Waals surface area contributed by atoms with E-state index in [-0.39, 0.29) is 24.9 Å². The summed E-state index contributed by atoms with van der Waals surface area (Å²) in [4.78, 5) is 12.2. The monoisotopic (exact) mass is 402 g/mol. The Morgan fingerprint density at radius 3 is 2.44 bits per heavy atom. The first kappa shape index (κ1) is 21.2. The maximum atomic E-state index is 14.4. The van der Waals surface area contributed by atoms with Crippen molar-refractivity contribution in [2.45, 2.75) is 24.3 Å². The van der Waals surface area contributed by atoms with Crippen LogP contribution in [-0.4, -0.2) is 25.0 Å². The number of amides is 1. The van der Waals surface area contributed by atoms with E-state index >= 15 is 0 Å². The van der Waals surface area contributed by atoms with Crippen molar-refractivity contribution < 1.29 is 22.4 Å². The molecular formula is C19H19ClF4N2O. The minimum absolute atomic E-state index is 0. The number of benzene rings is 2. The average Bonchev–Trinajstić information content (AvgIpc) is 2.65. The van der Waals surface area contributed by atoms with Gasteiger partial charge >= 0.3 is 5.92 Å². The lowest BCUT2D eigenvalue weighted by Crippen LogP contribution is -2.53. The third-order valence-electron chi connectivity index (χ3n) is 4.59. The summed E-state index contributed by atoms with van der Waals surface area (Å²) >= 11 is 0. The van der Waals surface area contributed by atoms with Gasteiger partial charge in [-0.05, 0) is 30.7 Å². The van der Waals surface area contributed by atoms with E-state index in [4.69, 9.17) is 0 Å². The van der Waals surface area contributed by atoms with E-state index in [0.717, 1.165) is 12.1 Å². The second kappa shape index (κ2) is 8.71. The van der Waals surface area contributed by atoms with E-state index in [0.29, 0.717) is 18.5 Å². The van der Waals surface area contributed by atoms with Gasteiger partial charge in [0.25, 0.3) is 5.91 Å². The van der Waals surface area contributed by atoms with Gasteiger partial charge in [0.15, 0.2) is 11.6 Å². The van der Waals surface area contributed by atoms with Crippen LogP contribution in [0.25, 0.3) is 0 Å². The summed E-state index contributed by atoms with van der Waals surface area (Å²) in [6.07, 6.45) is 0.507. The van der Waals surface area contributed by atoms with Gasteiger partial charge in [0, 0.05) is 24.1 Å². The molecule has 0 radical (unpaired) electrons. The predicted molar refractivity (Wildman–Crippen MR) is 96.1 cm³/mol. The number of carbonyl (C=O) groups excluding carboxylic acids is 1. The Morgan fingerprint density at radius 1 is 1.07 bits per heavy atom. The van der Waals surface area contributed by atoms with E-state index in [1.165, 1.54) is 30.3 Å². The smallest absolute Gasteiger partial charge is 0.346 e. The number of halogens is 5. The van der Waals surface area contributed by atoms with Gasteiger partial charge in [-0.3, -0.25) is 4.79 Å². The van der Waals surface area contributed by atoms with Crippen molar-refractivity contribution in [3.63, 3.8) is 0 Å². The molecular weight excluding hydrogens is 384 g/mol. The Morgan fingerprint density at radius 2 is 1.78 bits per heavy atom. The molecule has 1 aliphatic heterocycles. The number of hydrogen-bond donors (Lipinski definition) is 2. The molecule has 0 aliphatic carbocycles. The highest BCUT2D eigenvalue weighted by atomic mass is 35.5. The normalized spacial score (nSPS) is 19.9. The molecule has 1 amide bonds. The average molecular weight is 403 g/mol. The van der Waals surface area contributed by atoms with Crippen molar-refractivity contribution in [3.8, 4) is 0 Å². The molecule has 2 aromatic carbocycles. The van der Waals surface area contributed by atoms with Crippen LogP contribution in [0.1, 0.15) is 23.5 Å². The van der Waals surface area contributed by atoms with Gasteiger partial charge < -0.3 is 10.6 Å². The van der Waals surface area contributed by atoms with Crippen LogP contribution in [0.15, 0.2) is 48.5 Å². The summed E-state index contributed by atoms with van der Waals surface area (Å²) in [5.74, 6) is -7.46. The van der Waals surface area contributed by atoms with Crippen LogP contribution in [0, 0.1) is 11.6 Å². The second-order valence-electron chi connectivity index (χ2n) is 6.29. The molecule has 1 aliphatic rings. The van der Waals surface area contributed by atoms with E-state index in [9.17, 15) is 22.4 Å². The number of alkyl halides is 2. The zero-order valence-corrected chi connectivity index (χ0v) is 15.0. The van der Waals surface area contributed by atoms with Gasteiger partial charge in [-0.2, -0.15) is 8.78 Å². The first-order chi connectivity index (χ1) is 12.4. The van der Waals surface area contributed by atoms with Crippen molar-refractivity contribution in [2.75, 3.05) is 13.1 Å². The topological polar surface area (TPSA) is 41.1 Å². The molecule has 0 aromatic heterocycles. The minimum atomic E-state index is -3.68. The van der Waals surface area contributed by atoms with E-state index in [1.54, 1.807) is 6.07 Å². The predicted octanol–water partition coefficient (Wildman–Crippen LogP) is 3.74. The molecule has 8 heteroatoms. The van der Waals surface area contributed by atoms with Crippen LogP contribution in [0.4, 0.5) is 17.6 Å². The van der Waals surface area contributed by atoms with Crippen molar-refractivity contribution >= 4 is 18.3 Å². The number of rotatable bonds is 4. The third kappa shape index (κ3) is 4.59. The lowest BCUT2D eigenvalue weighted by molar-refractivity contribution is -0.148. The summed E-state index contributed by atoms with van der Waals surface area (Å²) in [7, 11) is 0. The highest BCUT2D eigenvalue weighted by Gasteiger charge is 2.42. The summed E-state index contributed by atoms with van der Waals surface area (Å²) in [5, 5.41) is 5.40. The van der Waals surface area contributed by atoms with Crippen LogP contribution in [0.3, 0.4) is 0 Å². The lowest BCUT2D eigenvalue weighted by atomic mass is 9.85. The first-order valence-corrected chi connectivity index (χ1v) is 8.29. The van der Waals surface area contributed by atoms with Gasteiger partial charge in [-0.1, -0.05) is 36.4 Å². The van der Waals surface area contributed by atoms with Crippen LogP contribution >= 0.6 is 12.4 Å². The highest BCUT2D eigenvalue weighted by molar-refractivity contribution is 5.85. The molecule has 1 heterocycles. The number of nitrogens with one attached hydrogen (secondary N) is 2. The molecule has 0 saturated carbocycles.